The van der Waals surface area contributed by atoms with Gasteiger partial charge in [0.25, 0.3) is 0 Å². The molecule has 0 aliphatic carbocycles. The van der Waals surface area contributed by atoms with Crippen molar-refractivity contribution in [1.29, 1.82) is 0 Å². The summed E-state index contributed by atoms with van der Waals surface area (Å²) in [6.45, 7) is 3.51. The van der Waals surface area contributed by atoms with Crippen molar-refractivity contribution in [2.75, 3.05) is 26.7 Å². The molecular formula is C21H26N2O5. The highest BCUT2D eigenvalue weighted by Crippen LogP contribution is 2.40. The number of rotatable bonds is 3. The SMILES string of the molecule is COc1ccc2c(c1)OC1(CCN(C(=O)[C@H](C)N3CCCC3=O)CC1)CC2=O. The van der Waals surface area contributed by atoms with Gasteiger partial charge in [-0.1, -0.05) is 0 Å². The molecule has 0 unspecified atom stereocenters. The van der Waals surface area contributed by atoms with Gasteiger partial charge in [0.15, 0.2) is 5.78 Å². The van der Waals surface area contributed by atoms with Crippen molar-refractivity contribution in [1.82, 2.24) is 9.80 Å². The average Bonchev–Trinajstić information content (AvgIpc) is 3.12. The first-order valence-corrected chi connectivity index (χ1v) is 9.91. The zero-order chi connectivity index (χ0) is 19.9. The smallest absolute Gasteiger partial charge is 0.245 e. The van der Waals surface area contributed by atoms with Crippen LogP contribution in [0.4, 0.5) is 0 Å². The summed E-state index contributed by atoms with van der Waals surface area (Å²) >= 11 is 0. The standard InChI is InChI=1S/C21H26N2O5/c1-14(23-9-3-4-19(23)25)20(26)22-10-7-21(8-11-22)13-17(24)16-6-5-15(27-2)12-18(16)28-21/h5-6,12,14H,3-4,7-11,13H2,1-2H3/t14-/m0/s1. The summed E-state index contributed by atoms with van der Waals surface area (Å²) in [5.41, 5.74) is 0.0195. The Morgan fingerprint density at radius 3 is 2.61 bits per heavy atom. The van der Waals surface area contributed by atoms with E-state index in [2.05, 4.69) is 0 Å². The van der Waals surface area contributed by atoms with Crippen molar-refractivity contribution < 1.29 is 23.9 Å². The predicted octanol–water partition coefficient (Wildman–Crippen LogP) is 2.03. The summed E-state index contributed by atoms with van der Waals surface area (Å²) in [4.78, 5) is 40.9. The molecule has 4 rings (SSSR count). The van der Waals surface area contributed by atoms with Gasteiger partial charge in [-0.05, 0) is 25.5 Å². The molecule has 3 aliphatic rings. The molecule has 3 aliphatic heterocycles. The topological polar surface area (TPSA) is 76.2 Å². The molecule has 0 N–H and O–H groups in total. The second-order valence-electron chi connectivity index (χ2n) is 7.94. The number of methoxy groups -OCH3 is 1. The van der Waals surface area contributed by atoms with E-state index in [1.807, 2.05) is 0 Å². The summed E-state index contributed by atoms with van der Waals surface area (Å²) in [5.74, 6) is 1.32. The molecule has 0 radical (unpaired) electrons. The second kappa shape index (κ2) is 7.11. The molecule has 7 heteroatoms. The second-order valence-corrected chi connectivity index (χ2v) is 7.94. The number of carbonyl (C=O) groups excluding carboxylic acids is 3. The number of Topliss-reactive ketones (excluding diaryl/α,β-unsaturated/α-hetero) is 1. The highest BCUT2D eigenvalue weighted by molar-refractivity contribution is 6.00. The molecule has 2 saturated heterocycles. The van der Waals surface area contributed by atoms with Gasteiger partial charge in [-0.3, -0.25) is 14.4 Å². The van der Waals surface area contributed by atoms with Crippen molar-refractivity contribution in [2.45, 2.75) is 50.7 Å². The quantitative estimate of drug-likeness (QED) is 0.795. The minimum Gasteiger partial charge on any atom is -0.497 e. The molecule has 1 aromatic carbocycles. The summed E-state index contributed by atoms with van der Waals surface area (Å²) in [5, 5.41) is 0. The van der Waals surface area contributed by atoms with E-state index in [0.29, 0.717) is 62.4 Å². The first-order valence-electron chi connectivity index (χ1n) is 9.91. The van der Waals surface area contributed by atoms with Crippen LogP contribution in [-0.2, 0) is 9.59 Å². The molecule has 0 aromatic heterocycles. The summed E-state index contributed by atoms with van der Waals surface area (Å²) in [6, 6.07) is 4.84. The zero-order valence-electron chi connectivity index (χ0n) is 16.4. The molecule has 0 saturated carbocycles. The van der Waals surface area contributed by atoms with E-state index in [0.717, 1.165) is 6.42 Å². The van der Waals surface area contributed by atoms with E-state index in [4.69, 9.17) is 9.47 Å². The van der Waals surface area contributed by atoms with Crippen LogP contribution < -0.4 is 9.47 Å². The summed E-state index contributed by atoms with van der Waals surface area (Å²) in [6.07, 6.45) is 2.87. The van der Waals surface area contributed by atoms with Crippen molar-refractivity contribution in [3.63, 3.8) is 0 Å². The van der Waals surface area contributed by atoms with Crippen molar-refractivity contribution in [3.05, 3.63) is 23.8 Å². The van der Waals surface area contributed by atoms with E-state index in [9.17, 15) is 14.4 Å². The Morgan fingerprint density at radius 1 is 1.21 bits per heavy atom. The largest absolute Gasteiger partial charge is 0.497 e. The number of piperidine rings is 1. The molecule has 1 aromatic rings. The minimum absolute atomic E-state index is 0.0192. The maximum atomic E-state index is 12.9. The fraction of sp³-hybridized carbons (Fsp3) is 0.571. The van der Waals surface area contributed by atoms with Crippen molar-refractivity contribution in [3.8, 4) is 11.5 Å². The van der Waals surface area contributed by atoms with Gasteiger partial charge in [0.1, 0.15) is 23.1 Å². The first kappa shape index (κ1) is 18.8. The first-order chi connectivity index (χ1) is 13.4. The van der Waals surface area contributed by atoms with Crippen LogP contribution in [0.3, 0.4) is 0 Å². The Balaban J connectivity index is 1.44. The van der Waals surface area contributed by atoms with Crippen molar-refractivity contribution in [2.24, 2.45) is 0 Å². The molecule has 28 heavy (non-hydrogen) atoms. The Kier molecular flexibility index (Phi) is 4.77. The van der Waals surface area contributed by atoms with Crippen LogP contribution in [0.2, 0.25) is 0 Å². The van der Waals surface area contributed by atoms with Gasteiger partial charge >= 0.3 is 0 Å². The minimum atomic E-state index is -0.570. The number of amides is 2. The highest BCUT2D eigenvalue weighted by Gasteiger charge is 2.44. The number of ketones is 1. The molecule has 3 heterocycles. The molecule has 2 amide bonds. The lowest BCUT2D eigenvalue weighted by molar-refractivity contribution is -0.145. The number of fused-ring (bicyclic) bond motifs is 1. The summed E-state index contributed by atoms with van der Waals surface area (Å²) < 4.78 is 11.5. The van der Waals surface area contributed by atoms with Gasteiger partial charge in [-0.15, -0.1) is 0 Å². The van der Waals surface area contributed by atoms with Gasteiger partial charge in [-0.2, -0.15) is 0 Å². The van der Waals surface area contributed by atoms with Crippen molar-refractivity contribution >= 4 is 17.6 Å². The van der Waals surface area contributed by atoms with Crippen LogP contribution in [0.25, 0.3) is 0 Å². The van der Waals surface area contributed by atoms with Crippen LogP contribution >= 0.6 is 0 Å². The third kappa shape index (κ3) is 3.23. The third-order valence-corrected chi connectivity index (χ3v) is 6.22. The highest BCUT2D eigenvalue weighted by atomic mass is 16.5. The van der Waals surface area contributed by atoms with E-state index in [1.54, 1.807) is 42.0 Å². The Morgan fingerprint density at radius 2 is 1.96 bits per heavy atom. The Bertz CT molecular complexity index is 813. The monoisotopic (exact) mass is 386 g/mol. The number of ether oxygens (including phenoxy) is 2. The lowest BCUT2D eigenvalue weighted by atomic mass is 9.82. The van der Waals surface area contributed by atoms with E-state index in [-0.39, 0.29) is 17.6 Å². The van der Waals surface area contributed by atoms with Gasteiger partial charge in [0.2, 0.25) is 11.8 Å². The zero-order valence-corrected chi connectivity index (χ0v) is 16.4. The molecule has 2 fully saturated rings. The maximum Gasteiger partial charge on any atom is 0.245 e. The van der Waals surface area contributed by atoms with Crippen LogP contribution in [-0.4, -0.2) is 65.8 Å². The van der Waals surface area contributed by atoms with E-state index >= 15 is 0 Å². The third-order valence-electron chi connectivity index (χ3n) is 6.22. The maximum absolute atomic E-state index is 12.9. The van der Waals surface area contributed by atoms with Crippen LogP contribution in [0.1, 0.15) is 49.4 Å². The van der Waals surface area contributed by atoms with Gasteiger partial charge in [0, 0.05) is 45.0 Å². The number of likely N-dealkylation sites (tertiary alicyclic amines) is 2. The Hall–Kier alpha value is -2.57. The number of hydrogen-bond acceptors (Lipinski definition) is 5. The number of benzene rings is 1. The molecule has 7 nitrogen and oxygen atoms in total. The fourth-order valence-electron chi connectivity index (χ4n) is 4.49. The number of nitrogens with zero attached hydrogens (tertiary/aromatic N) is 2. The molecule has 1 atom stereocenters. The van der Waals surface area contributed by atoms with Crippen LogP contribution in [0, 0.1) is 0 Å². The summed E-state index contributed by atoms with van der Waals surface area (Å²) in [7, 11) is 1.58. The lowest BCUT2D eigenvalue weighted by Crippen LogP contribution is -2.55. The van der Waals surface area contributed by atoms with Gasteiger partial charge in [0.05, 0.1) is 19.1 Å². The van der Waals surface area contributed by atoms with E-state index in [1.165, 1.54) is 0 Å². The molecule has 0 bridgehead atoms. The van der Waals surface area contributed by atoms with Gasteiger partial charge < -0.3 is 19.3 Å². The lowest BCUT2D eigenvalue weighted by Gasteiger charge is -2.44. The molecule has 1 spiro atoms. The molecule has 150 valence electrons. The average molecular weight is 386 g/mol. The molecular weight excluding hydrogens is 360 g/mol. The number of carbonyl (C=O) groups is 3. The Labute approximate surface area is 164 Å². The van der Waals surface area contributed by atoms with E-state index < -0.39 is 11.6 Å². The normalized spacial score (nSPS) is 22.1. The number of hydrogen-bond donors (Lipinski definition) is 0. The fourth-order valence-corrected chi connectivity index (χ4v) is 4.49. The van der Waals surface area contributed by atoms with Crippen LogP contribution in [0.15, 0.2) is 18.2 Å². The van der Waals surface area contributed by atoms with Gasteiger partial charge in [-0.25, -0.2) is 0 Å². The predicted molar refractivity (Wildman–Crippen MR) is 102 cm³/mol. The van der Waals surface area contributed by atoms with Crippen LogP contribution in [0.5, 0.6) is 11.5 Å².